The van der Waals surface area contributed by atoms with Crippen LogP contribution in [0, 0.1) is 13.8 Å². The van der Waals surface area contributed by atoms with E-state index in [4.69, 9.17) is 4.52 Å². The average Bonchev–Trinajstić information content (AvgIpc) is 3.08. The van der Waals surface area contributed by atoms with Crippen molar-refractivity contribution in [3.63, 3.8) is 0 Å². The minimum atomic E-state index is -0.190. The van der Waals surface area contributed by atoms with E-state index in [0.717, 1.165) is 62.5 Å². The number of hydrogen-bond donors (Lipinski definition) is 1. The van der Waals surface area contributed by atoms with Gasteiger partial charge in [-0.3, -0.25) is 9.69 Å². The molecule has 1 aliphatic carbocycles. The summed E-state index contributed by atoms with van der Waals surface area (Å²) in [6.07, 6.45) is 3.28. The molecule has 2 heterocycles. The molecule has 0 aromatic carbocycles. The van der Waals surface area contributed by atoms with E-state index in [9.17, 15) is 9.90 Å². The molecule has 0 spiro atoms. The maximum Gasteiger partial charge on any atom is 0.227 e. The molecule has 2 atom stereocenters. The number of carbonyl (C=O) groups is 1. The number of aliphatic hydroxyl groups is 1. The van der Waals surface area contributed by atoms with Gasteiger partial charge in [0.2, 0.25) is 5.91 Å². The third-order valence-corrected chi connectivity index (χ3v) is 5.09. The molecule has 3 rings (SSSR count). The molecule has 2 fully saturated rings. The predicted octanol–water partition coefficient (Wildman–Crippen LogP) is 0.892. The molecule has 22 heavy (non-hydrogen) atoms. The smallest absolute Gasteiger partial charge is 0.227 e. The maximum absolute atomic E-state index is 12.5. The van der Waals surface area contributed by atoms with Gasteiger partial charge in [0.15, 0.2) is 0 Å². The minimum absolute atomic E-state index is 0.140. The molecule has 1 saturated heterocycles. The Morgan fingerprint density at radius 2 is 2.00 bits per heavy atom. The van der Waals surface area contributed by atoms with Gasteiger partial charge in [0.05, 0.1) is 18.2 Å². The van der Waals surface area contributed by atoms with Crippen molar-refractivity contribution in [1.29, 1.82) is 0 Å². The Morgan fingerprint density at radius 3 is 2.55 bits per heavy atom. The number of hydrogen-bond acceptors (Lipinski definition) is 5. The van der Waals surface area contributed by atoms with Crippen LogP contribution in [0.2, 0.25) is 0 Å². The molecular weight excluding hydrogens is 282 g/mol. The highest BCUT2D eigenvalue weighted by molar-refractivity contribution is 5.79. The van der Waals surface area contributed by atoms with Crippen LogP contribution < -0.4 is 0 Å². The first-order valence-corrected chi connectivity index (χ1v) is 8.18. The Hall–Kier alpha value is -1.40. The zero-order chi connectivity index (χ0) is 15.7. The summed E-state index contributed by atoms with van der Waals surface area (Å²) >= 11 is 0. The summed E-state index contributed by atoms with van der Waals surface area (Å²) in [6, 6.07) is 0.291. The van der Waals surface area contributed by atoms with Crippen LogP contribution in [0.3, 0.4) is 0 Å². The summed E-state index contributed by atoms with van der Waals surface area (Å²) in [4.78, 5) is 16.7. The van der Waals surface area contributed by atoms with Gasteiger partial charge in [-0.2, -0.15) is 0 Å². The van der Waals surface area contributed by atoms with E-state index in [1.807, 2.05) is 18.7 Å². The van der Waals surface area contributed by atoms with Crippen LogP contribution in [0.4, 0.5) is 0 Å². The van der Waals surface area contributed by atoms with Crippen molar-refractivity contribution in [2.75, 3.05) is 26.2 Å². The lowest BCUT2D eigenvalue weighted by molar-refractivity contribution is -0.132. The van der Waals surface area contributed by atoms with Gasteiger partial charge in [0.1, 0.15) is 5.76 Å². The highest BCUT2D eigenvalue weighted by Gasteiger charge is 2.33. The summed E-state index contributed by atoms with van der Waals surface area (Å²) in [7, 11) is 0. The van der Waals surface area contributed by atoms with Crippen molar-refractivity contribution in [1.82, 2.24) is 15.0 Å². The number of piperazine rings is 1. The molecule has 1 aromatic heterocycles. The minimum Gasteiger partial charge on any atom is -0.391 e. The quantitative estimate of drug-likeness (QED) is 0.898. The monoisotopic (exact) mass is 307 g/mol. The zero-order valence-electron chi connectivity index (χ0n) is 13.4. The van der Waals surface area contributed by atoms with E-state index in [0.29, 0.717) is 12.5 Å². The first kappa shape index (κ1) is 15.5. The van der Waals surface area contributed by atoms with Crippen LogP contribution in [0.25, 0.3) is 0 Å². The topological polar surface area (TPSA) is 69.8 Å². The first-order chi connectivity index (χ1) is 10.6. The molecule has 0 radical (unpaired) electrons. The first-order valence-electron chi connectivity index (χ1n) is 8.18. The van der Waals surface area contributed by atoms with Crippen LogP contribution in [-0.4, -0.2) is 64.3 Å². The Labute approximate surface area is 131 Å². The van der Waals surface area contributed by atoms with Crippen LogP contribution >= 0.6 is 0 Å². The van der Waals surface area contributed by atoms with Gasteiger partial charge in [-0.25, -0.2) is 0 Å². The van der Waals surface area contributed by atoms with Gasteiger partial charge in [0, 0.05) is 37.8 Å². The molecule has 1 amide bonds. The van der Waals surface area contributed by atoms with Gasteiger partial charge in [-0.1, -0.05) is 5.16 Å². The number of carbonyl (C=O) groups excluding carboxylic acids is 1. The average molecular weight is 307 g/mol. The summed E-state index contributed by atoms with van der Waals surface area (Å²) in [5.74, 6) is 0.875. The fraction of sp³-hybridized carbons (Fsp3) is 0.750. The van der Waals surface area contributed by atoms with Gasteiger partial charge >= 0.3 is 0 Å². The largest absolute Gasteiger partial charge is 0.391 e. The summed E-state index contributed by atoms with van der Waals surface area (Å²) in [5.41, 5.74) is 1.72. The van der Waals surface area contributed by atoms with Crippen LogP contribution in [-0.2, 0) is 11.2 Å². The number of nitrogens with zero attached hydrogens (tertiary/aromatic N) is 3. The Bertz CT molecular complexity index is 515. The van der Waals surface area contributed by atoms with Crippen LogP contribution in [0.5, 0.6) is 0 Å². The second-order valence-corrected chi connectivity index (χ2v) is 6.46. The second kappa shape index (κ2) is 6.38. The SMILES string of the molecule is Cc1noc(C)c1CC(=O)N1CCN([C@@H]2CCC[C@H]2O)CC1. The predicted molar refractivity (Wildman–Crippen MR) is 81.5 cm³/mol. The number of amides is 1. The van der Waals surface area contributed by atoms with Crippen molar-refractivity contribution in [3.05, 3.63) is 17.0 Å². The molecule has 6 heteroatoms. The van der Waals surface area contributed by atoms with Gasteiger partial charge < -0.3 is 14.5 Å². The lowest BCUT2D eigenvalue weighted by atomic mass is 10.1. The number of rotatable bonds is 3. The van der Waals surface area contributed by atoms with E-state index in [-0.39, 0.29) is 12.0 Å². The van der Waals surface area contributed by atoms with Crippen molar-refractivity contribution < 1.29 is 14.4 Å². The number of aliphatic hydroxyl groups excluding tert-OH is 1. The third kappa shape index (κ3) is 3.03. The summed E-state index contributed by atoms with van der Waals surface area (Å²) in [5, 5.41) is 13.9. The molecule has 122 valence electrons. The molecule has 1 N–H and O–H groups in total. The molecule has 1 saturated carbocycles. The second-order valence-electron chi connectivity index (χ2n) is 6.46. The highest BCUT2D eigenvalue weighted by atomic mass is 16.5. The van der Waals surface area contributed by atoms with E-state index < -0.39 is 0 Å². The summed E-state index contributed by atoms with van der Waals surface area (Å²) in [6.45, 7) is 6.92. The molecule has 1 aromatic rings. The Kier molecular flexibility index (Phi) is 4.49. The molecule has 0 bridgehead atoms. The maximum atomic E-state index is 12.5. The fourth-order valence-corrected chi connectivity index (χ4v) is 3.67. The molecule has 0 unspecified atom stereocenters. The van der Waals surface area contributed by atoms with Crippen LogP contribution in [0.1, 0.15) is 36.3 Å². The normalized spacial score (nSPS) is 26.6. The molecule has 1 aliphatic heterocycles. The standard InChI is InChI=1S/C16H25N3O3/c1-11-13(12(2)22-17-11)10-16(21)19-8-6-18(7-9-19)14-4-3-5-15(14)20/h14-15,20H,3-10H2,1-2H3/t14-,15-/m1/s1. The van der Waals surface area contributed by atoms with Crippen molar-refractivity contribution >= 4 is 5.91 Å². The molecule has 2 aliphatic rings. The zero-order valence-corrected chi connectivity index (χ0v) is 13.4. The summed E-state index contributed by atoms with van der Waals surface area (Å²) < 4.78 is 5.12. The van der Waals surface area contributed by atoms with Gasteiger partial charge in [-0.05, 0) is 33.1 Å². The molecular formula is C16H25N3O3. The Morgan fingerprint density at radius 1 is 1.27 bits per heavy atom. The highest BCUT2D eigenvalue weighted by Crippen LogP contribution is 2.25. The van der Waals surface area contributed by atoms with Gasteiger partial charge in [0.25, 0.3) is 0 Å². The van der Waals surface area contributed by atoms with E-state index in [1.165, 1.54) is 0 Å². The van der Waals surface area contributed by atoms with Crippen molar-refractivity contribution in [2.24, 2.45) is 0 Å². The van der Waals surface area contributed by atoms with E-state index in [1.54, 1.807) is 0 Å². The Balaban J connectivity index is 1.54. The van der Waals surface area contributed by atoms with Crippen LogP contribution in [0.15, 0.2) is 4.52 Å². The number of aromatic nitrogens is 1. The number of aryl methyl sites for hydroxylation is 2. The van der Waals surface area contributed by atoms with Crippen molar-refractivity contribution in [3.8, 4) is 0 Å². The lowest BCUT2D eigenvalue weighted by Gasteiger charge is -2.39. The third-order valence-electron chi connectivity index (χ3n) is 5.09. The van der Waals surface area contributed by atoms with Crippen molar-refractivity contribution in [2.45, 2.75) is 51.7 Å². The van der Waals surface area contributed by atoms with Gasteiger partial charge in [-0.15, -0.1) is 0 Å². The van der Waals surface area contributed by atoms with E-state index >= 15 is 0 Å². The lowest BCUT2D eigenvalue weighted by Crippen LogP contribution is -2.53. The fourth-order valence-electron chi connectivity index (χ4n) is 3.67. The van der Waals surface area contributed by atoms with E-state index in [2.05, 4.69) is 10.1 Å². The molecule has 6 nitrogen and oxygen atoms in total.